The van der Waals surface area contributed by atoms with Crippen LogP contribution in [0, 0.1) is 20.2 Å². The van der Waals surface area contributed by atoms with Crippen molar-refractivity contribution in [3.8, 4) is 5.95 Å². The first-order valence-electron chi connectivity index (χ1n) is 3.84. The molecule has 0 spiro atoms. The Kier molecular flexibility index (Phi) is 2.05. The van der Waals surface area contributed by atoms with E-state index in [0.717, 1.165) is 17.1 Å². The van der Waals surface area contributed by atoms with E-state index in [4.69, 9.17) is 0 Å². The Morgan fingerprint density at radius 3 is 2.56 bits per heavy atom. The molecule has 0 amide bonds. The average molecular weight is 225 g/mol. The van der Waals surface area contributed by atoms with Gasteiger partial charge in [0.25, 0.3) is 0 Å². The molecule has 0 radical (unpaired) electrons. The first kappa shape index (κ1) is 9.70. The molecule has 82 valence electrons. The van der Waals surface area contributed by atoms with Gasteiger partial charge in [-0.3, -0.25) is 10.1 Å². The molecule has 0 saturated carbocycles. The molecule has 2 heterocycles. The number of nitro groups is 2. The largest absolute Gasteiger partial charge is 0.455 e. The highest BCUT2D eigenvalue weighted by atomic mass is 16.6. The highest BCUT2D eigenvalue weighted by Crippen LogP contribution is 2.11. The number of nitrogens with one attached hydrogen (secondary N) is 1. The number of hydrogen-bond acceptors (Lipinski definition) is 7. The maximum absolute atomic E-state index is 10.4. The van der Waals surface area contributed by atoms with Crippen molar-refractivity contribution in [1.29, 1.82) is 0 Å². The molecular formula is C5H3N7O4. The number of aromatic nitrogens is 5. The van der Waals surface area contributed by atoms with E-state index in [1.165, 1.54) is 0 Å². The molecular weight excluding hydrogens is 222 g/mol. The van der Waals surface area contributed by atoms with Crippen molar-refractivity contribution in [2.75, 3.05) is 0 Å². The molecule has 11 nitrogen and oxygen atoms in total. The predicted molar refractivity (Wildman–Crippen MR) is 46.8 cm³/mol. The lowest BCUT2D eigenvalue weighted by molar-refractivity contribution is -0.394. The molecule has 0 atom stereocenters. The summed E-state index contributed by atoms with van der Waals surface area (Å²) in [6, 6.07) is 0. The summed E-state index contributed by atoms with van der Waals surface area (Å²) in [5.74, 6) is -0.701. The molecule has 11 heteroatoms. The summed E-state index contributed by atoms with van der Waals surface area (Å²) in [5, 5.41) is 29.8. The lowest BCUT2D eigenvalue weighted by atomic mass is 10.6. The third kappa shape index (κ3) is 1.56. The van der Waals surface area contributed by atoms with Gasteiger partial charge >= 0.3 is 17.6 Å². The van der Waals surface area contributed by atoms with Gasteiger partial charge in [0.15, 0.2) is 0 Å². The van der Waals surface area contributed by atoms with Gasteiger partial charge in [0.1, 0.15) is 12.4 Å². The molecule has 2 aromatic heterocycles. The lowest BCUT2D eigenvalue weighted by Gasteiger charge is -1.85. The van der Waals surface area contributed by atoms with E-state index >= 15 is 0 Å². The van der Waals surface area contributed by atoms with Crippen LogP contribution in [0.25, 0.3) is 5.95 Å². The second kappa shape index (κ2) is 3.38. The number of rotatable bonds is 3. The van der Waals surface area contributed by atoms with E-state index in [2.05, 4.69) is 20.3 Å². The van der Waals surface area contributed by atoms with Crippen LogP contribution in [0.15, 0.2) is 12.4 Å². The molecule has 0 aliphatic carbocycles. The quantitative estimate of drug-likeness (QED) is 0.562. The fourth-order valence-electron chi connectivity index (χ4n) is 0.946. The number of H-pyrrole nitrogens is 1. The summed E-state index contributed by atoms with van der Waals surface area (Å²) >= 11 is 0. The van der Waals surface area contributed by atoms with E-state index < -0.39 is 15.8 Å². The van der Waals surface area contributed by atoms with Crippen molar-refractivity contribution in [1.82, 2.24) is 25.0 Å². The summed E-state index contributed by atoms with van der Waals surface area (Å²) in [4.78, 5) is 22.7. The zero-order valence-corrected chi connectivity index (χ0v) is 7.47. The Hall–Kier alpha value is -2.85. The SMILES string of the molecule is O=[N+]([O-])c1cnn(-c2n[nH]c([N+](=O)[O-])n2)c1. The molecule has 16 heavy (non-hydrogen) atoms. The minimum Gasteiger partial charge on any atom is -0.390 e. The highest BCUT2D eigenvalue weighted by molar-refractivity contribution is 5.26. The van der Waals surface area contributed by atoms with Crippen LogP contribution in [0.3, 0.4) is 0 Å². The van der Waals surface area contributed by atoms with E-state index in [1.54, 1.807) is 0 Å². The van der Waals surface area contributed by atoms with E-state index in [1.807, 2.05) is 0 Å². The summed E-state index contributed by atoms with van der Waals surface area (Å²) in [6.45, 7) is 0. The van der Waals surface area contributed by atoms with Gasteiger partial charge < -0.3 is 10.1 Å². The first-order chi connectivity index (χ1) is 7.58. The number of nitrogens with zero attached hydrogens (tertiary/aromatic N) is 6. The van der Waals surface area contributed by atoms with Gasteiger partial charge in [0, 0.05) is 0 Å². The van der Waals surface area contributed by atoms with Crippen molar-refractivity contribution < 1.29 is 9.85 Å². The third-order valence-corrected chi connectivity index (χ3v) is 1.62. The standard InChI is InChI=1S/C5H3N7O4/c13-11(14)3-1-6-10(2-3)4-7-5(9-8-4)12(15)16/h1-2H,(H,7,8,9). The van der Waals surface area contributed by atoms with E-state index in [-0.39, 0.29) is 11.6 Å². The smallest absolute Gasteiger partial charge is 0.390 e. The normalized spacial score (nSPS) is 10.2. The molecule has 2 aromatic rings. The Morgan fingerprint density at radius 1 is 1.31 bits per heavy atom. The second-order valence-corrected chi connectivity index (χ2v) is 2.62. The minimum atomic E-state index is -0.769. The molecule has 0 fully saturated rings. The van der Waals surface area contributed by atoms with Gasteiger partial charge in [-0.1, -0.05) is 5.10 Å². The molecule has 0 bridgehead atoms. The molecule has 0 unspecified atom stereocenters. The third-order valence-electron chi connectivity index (χ3n) is 1.62. The molecule has 0 saturated heterocycles. The molecule has 1 N–H and O–H groups in total. The van der Waals surface area contributed by atoms with Gasteiger partial charge in [-0.05, 0) is 9.91 Å². The topological polar surface area (TPSA) is 146 Å². The predicted octanol–water partition coefficient (Wildman–Crippen LogP) is -0.193. The summed E-state index contributed by atoms with van der Waals surface area (Å²) in [7, 11) is 0. The zero-order chi connectivity index (χ0) is 11.7. The van der Waals surface area contributed by atoms with Gasteiger partial charge in [0.2, 0.25) is 0 Å². The summed E-state index contributed by atoms with van der Waals surface area (Å²) in [6.07, 6.45) is 2.04. The van der Waals surface area contributed by atoms with Crippen LogP contribution < -0.4 is 0 Å². The van der Waals surface area contributed by atoms with Gasteiger partial charge in [-0.2, -0.15) is 9.78 Å². The number of aromatic amines is 1. The maximum atomic E-state index is 10.4. The van der Waals surface area contributed by atoms with E-state index in [0.29, 0.717) is 0 Å². The van der Waals surface area contributed by atoms with Crippen LogP contribution in [0.1, 0.15) is 0 Å². The van der Waals surface area contributed by atoms with Crippen molar-refractivity contribution in [3.05, 3.63) is 32.6 Å². The lowest BCUT2D eigenvalue weighted by Crippen LogP contribution is -1.97. The monoisotopic (exact) mass is 225 g/mol. The fraction of sp³-hybridized carbons (Fsp3) is 0. The Bertz CT molecular complexity index is 506. The molecule has 0 aliphatic heterocycles. The second-order valence-electron chi connectivity index (χ2n) is 2.62. The summed E-state index contributed by atoms with van der Waals surface area (Å²) < 4.78 is 0.960. The highest BCUT2D eigenvalue weighted by Gasteiger charge is 2.18. The minimum absolute atomic E-state index is 0.139. The van der Waals surface area contributed by atoms with Crippen LogP contribution in [0.5, 0.6) is 0 Å². The number of hydrogen-bond donors (Lipinski definition) is 1. The van der Waals surface area contributed by atoms with Gasteiger partial charge in [0.05, 0.1) is 4.92 Å². The van der Waals surface area contributed by atoms with Crippen molar-refractivity contribution in [3.63, 3.8) is 0 Å². The molecule has 2 rings (SSSR count). The summed E-state index contributed by atoms with van der Waals surface area (Å²) in [5.41, 5.74) is -0.257. The first-order valence-corrected chi connectivity index (χ1v) is 3.84. The fourth-order valence-corrected chi connectivity index (χ4v) is 0.946. The van der Waals surface area contributed by atoms with Crippen LogP contribution in [0.2, 0.25) is 0 Å². The molecule has 0 aromatic carbocycles. The van der Waals surface area contributed by atoms with Gasteiger partial charge in [-0.25, -0.2) is 0 Å². The zero-order valence-electron chi connectivity index (χ0n) is 7.47. The molecule has 0 aliphatic rings. The average Bonchev–Trinajstić information content (AvgIpc) is 2.86. The Balaban J connectivity index is 2.35. The maximum Gasteiger partial charge on any atom is 0.455 e. The van der Waals surface area contributed by atoms with Crippen LogP contribution in [0.4, 0.5) is 11.6 Å². The van der Waals surface area contributed by atoms with Crippen molar-refractivity contribution in [2.45, 2.75) is 0 Å². The van der Waals surface area contributed by atoms with Crippen LogP contribution in [-0.4, -0.2) is 34.8 Å². The van der Waals surface area contributed by atoms with Crippen LogP contribution >= 0.6 is 0 Å². The Labute approximate surface area is 86.0 Å². The van der Waals surface area contributed by atoms with Crippen molar-refractivity contribution in [2.24, 2.45) is 0 Å². The van der Waals surface area contributed by atoms with Crippen molar-refractivity contribution >= 4 is 11.6 Å². The van der Waals surface area contributed by atoms with Crippen LogP contribution in [-0.2, 0) is 0 Å². The van der Waals surface area contributed by atoms with E-state index in [9.17, 15) is 20.2 Å². The Morgan fingerprint density at radius 2 is 2.06 bits per heavy atom. The van der Waals surface area contributed by atoms with Gasteiger partial charge in [-0.15, -0.1) is 5.10 Å².